The van der Waals surface area contributed by atoms with Gasteiger partial charge in [-0.3, -0.25) is 4.79 Å². The van der Waals surface area contributed by atoms with Gasteiger partial charge in [0.1, 0.15) is 11.6 Å². The Balaban J connectivity index is 1.32. The van der Waals surface area contributed by atoms with Crippen LogP contribution in [0, 0.1) is 17.1 Å². The lowest BCUT2D eigenvalue weighted by Crippen LogP contribution is -2.58. The summed E-state index contributed by atoms with van der Waals surface area (Å²) in [6, 6.07) is 7.47. The van der Waals surface area contributed by atoms with Crippen LogP contribution in [0.2, 0.25) is 0 Å². The number of anilines is 3. The quantitative estimate of drug-likeness (QED) is 0.486. The van der Waals surface area contributed by atoms with E-state index in [1.807, 2.05) is 6.07 Å². The summed E-state index contributed by atoms with van der Waals surface area (Å²) in [5.41, 5.74) is 4.30. The van der Waals surface area contributed by atoms with Crippen molar-refractivity contribution in [1.82, 2.24) is 19.8 Å². The van der Waals surface area contributed by atoms with Crippen molar-refractivity contribution in [3.05, 3.63) is 53.2 Å². The molecule has 0 unspecified atom stereocenters. The number of rotatable bonds is 6. The molecular formula is C31H38F2N8O. The highest BCUT2D eigenvalue weighted by molar-refractivity contribution is 5.91. The molecule has 2 aromatic rings. The average molecular weight is 577 g/mol. The second kappa shape index (κ2) is 11.5. The number of carbonyl (C=O) groups excluding carboxylic acids is 1. The molecule has 1 aliphatic carbocycles. The molecular weight excluding hydrogens is 538 g/mol. The van der Waals surface area contributed by atoms with Gasteiger partial charge in [-0.05, 0) is 57.5 Å². The summed E-state index contributed by atoms with van der Waals surface area (Å²) in [5, 5.41) is 9.48. The molecule has 2 saturated heterocycles. The van der Waals surface area contributed by atoms with Gasteiger partial charge in [0, 0.05) is 69.0 Å². The van der Waals surface area contributed by atoms with Crippen LogP contribution in [0.4, 0.5) is 26.2 Å². The lowest BCUT2D eigenvalue weighted by Gasteiger charge is -2.45. The molecule has 2 fully saturated rings. The van der Waals surface area contributed by atoms with E-state index in [1.165, 1.54) is 10.5 Å². The highest BCUT2D eigenvalue weighted by Gasteiger charge is 2.38. The maximum Gasteiger partial charge on any atom is 0.282 e. The Kier molecular flexibility index (Phi) is 7.75. The lowest BCUT2D eigenvalue weighted by molar-refractivity contribution is -0.131. The molecule has 6 rings (SSSR count). The van der Waals surface area contributed by atoms with E-state index in [2.05, 4.69) is 46.3 Å². The maximum atomic E-state index is 14.3. The van der Waals surface area contributed by atoms with Gasteiger partial charge in [0.05, 0.1) is 24.2 Å². The Morgan fingerprint density at radius 1 is 1.14 bits per heavy atom. The molecule has 1 aromatic heterocycles. The number of likely N-dealkylation sites (N-methyl/N-ethyl adjacent to an activating group) is 1. The second-order valence-electron chi connectivity index (χ2n) is 12.1. The molecule has 1 aromatic carbocycles. The molecule has 1 amide bonds. The monoisotopic (exact) mass is 576 g/mol. The first-order valence-corrected chi connectivity index (χ1v) is 14.9. The lowest BCUT2D eigenvalue weighted by atomic mass is 9.88. The number of piperazine rings is 1. The topological polar surface area (TPSA) is 82.8 Å². The zero-order valence-electron chi connectivity index (χ0n) is 24.4. The number of hydrogen-bond donors (Lipinski definition) is 0. The number of nitriles is 1. The molecule has 0 spiro atoms. The van der Waals surface area contributed by atoms with Gasteiger partial charge in [-0.25, -0.2) is 13.8 Å². The van der Waals surface area contributed by atoms with Gasteiger partial charge >= 0.3 is 0 Å². The number of fused-ring (bicyclic) bond motifs is 2. The van der Waals surface area contributed by atoms with Crippen molar-refractivity contribution >= 4 is 23.4 Å². The molecule has 42 heavy (non-hydrogen) atoms. The number of carbonyl (C=O) groups is 1. The fourth-order valence-electron chi connectivity index (χ4n) is 6.89. The van der Waals surface area contributed by atoms with E-state index < -0.39 is 17.8 Å². The van der Waals surface area contributed by atoms with Gasteiger partial charge in [0.2, 0.25) is 5.95 Å². The van der Waals surface area contributed by atoms with Crippen LogP contribution in [-0.2, 0) is 24.1 Å². The fourth-order valence-corrected chi connectivity index (χ4v) is 6.89. The molecule has 4 heterocycles. The van der Waals surface area contributed by atoms with Crippen molar-refractivity contribution in [2.45, 2.75) is 56.7 Å². The minimum absolute atomic E-state index is 0.0965. The molecule has 0 saturated carbocycles. The first-order valence-electron chi connectivity index (χ1n) is 14.9. The molecule has 222 valence electrons. The third-order valence-corrected chi connectivity index (χ3v) is 9.34. The van der Waals surface area contributed by atoms with Crippen LogP contribution in [0.5, 0.6) is 0 Å². The molecule has 4 aliphatic rings. The SMILES string of the molecule is C=C(F)C(=O)N1CCN(c2nc(N3CC(N(C)C)C3)nc3c2CC[C@@H](N2CCCc4ccc(F)cc42)C3)C[C@@H]1CC#N. The summed E-state index contributed by atoms with van der Waals surface area (Å²) in [6.07, 6.45) is 4.51. The number of nitrogens with zero attached hydrogens (tertiary/aromatic N) is 8. The Bertz CT molecular complexity index is 1420. The highest BCUT2D eigenvalue weighted by Crippen LogP contribution is 2.37. The van der Waals surface area contributed by atoms with E-state index >= 15 is 0 Å². The maximum absolute atomic E-state index is 14.3. The van der Waals surface area contributed by atoms with Gasteiger partial charge in [-0.2, -0.15) is 10.2 Å². The molecule has 3 aliphatic heterocycles. The minimum atomic E-state index is -1.01. The zero-order chi connectivity index (χ0) is 29.5. The molecule has 0 N–H and O–H groups in total. The largest absolute Gasteiger partial charge is 0.368 e. The van der Waals surface area contributed by atoms with E-state index in [9.17, 15) is 18.8 Å². The third kappa shape index (κ3) is 5.28. The van der Waals surface area contributed by atoms with Crippen LogP contribution in [0.3, 0.4) is 0 Å². The number of aryl methyl sites for hydroxylation is 1. The smallest absolute Gasteiger partial charge is 0.282 e. The number of hydrogen-bond acceptors (Lipinski definition) is 8. The Morgan fingerprint density at radius 3 is 2.69 bits per heavy atom. The first kappa shape index (κ1) is 28.3. The van der Waals surface area contributed by atoms with E-state index in [4.69, 9.17) is 9.97 Å². The molecule has 9 nitrogen and oxygen atoms in total. The van der Waals surface area contributed by atoms with E-state index in [0.29, 0.717) is 25.1 Å². The summed E-state index contributed by atoms with van der Waals surface area (Å²) in [7, 11) is 4.15. The Labute approximate surface area is 246 Å². The molecule has 2 atom stereocenters. The highest BCUT2D eigenvalue weighted by atomic mass is 19.1. The van der Waals surface area contributed by atoms with Crippen molar-refractivity contribution in [3.8, 4) is 6.07 Å². The van der Waals surface area contributed by atoms with Gasteiger partial charge in [-0.1, -0.05) is 12.6 Å². The Hall–Kier alpha value is -3.78. The average Bonchev–Trinajstić information content (AvgIpc) is 2.95. The van der Waals surface area contributed by atoms with Crippen molar-refractivity contribution < 1.29 is 13.6 Å². The number of amides is 1. The summed E-state index contributed by atoms with van der Waals surface area (Å²) in [6.45, 7) is 6.90. The van der Waals surface area contributed by atoms with Crippen LogP contribution in [0.1, 0.15) is 36.1 Å². The predicted molar refractivity (Wildman–Crippen MR) is 158 cm³/mol. The summed E-state index contributed by atoms with van der Waals surface area (Å²) >= 11 is 0. The van der Waals surface area contributed by atoms with Gasteiger partial charge < -0.3 is 24.5 Å². The van der Waals surface area contributed by atoms with Crippen LogP contribution >= 0.6 is 0 Å². The van der Waals surface area contributed by atoms with Crippen LogP contribution in [0.25, 0.3) is 0 Å². The van der Waals surface area contributed by atoms with Crippen LogP contribution < -0.4 is 14.7 Å². The van der Waals surface area contributed by atoms with E-state index in [-0.39, 0.29) is 24.8 Å². The standard InChI is InChI=1S/C31H38F2N8O/c1-20(32)30(42)41-14-13-38(17-24(41)10-11-34)29-26-9-8-23(40-12-4-5-21-6-7-22(33)15-28(21)40)16-27(26)35-31(36-29)39-18-25(19-39)37(2)3/h6-7,15,23-25H,1,4-5,8-10,12-14,16-19H2,2-3H3/t23-,24+/m1/s1. The molecule has 0 bridgehead atoms. The number of halogens is 2. The summed E-state index contributed by atoms with van der Waals surface area (Å²) in [5.74, 6) is -0.429. The minimum Gasteiger partial charge on any atom is -0.368 e. The van der Waals surface area contributed by atoms with Crippen molar-refractivity contribution in [3.63, 3.8) is 0 Å². The molecule has 11 heteroatoms. The summed E-state index contributed by atoms with van der Waals surface area (Å²) in [4.78, 5) is 33.0. The van der Waals surface area contributed by atoms with Crippen molar-refractivity contribution in [2.24, 2.45) is 0 Å². The predicted octanol–water partition coefficient (Wildman–Crippen LogP) is 3.09. The van der Waals surface area contributed by atoms with Crippen LogP contribution in [0.15, 0.2) is 30.6 Å². The number of benzene rings is 1. The van der Waals surface area contributed by atoms with E-state index in [0.717, 1.165) is 74.5 Å². The van der Waals surface area contributed by atoms with Crippen molar-refractivity contribution in [1.29, 1.82) is 5.26 Å². The van der Waals surface area contributed by atoms with Gasteiger partial charge in [0.15, 0.2) is 5.83 Å². The zero-order valence-corrected chi connectivity index (χ0v) is 24.4. The number of aromatic nitrogens is 2. The van der Waals surface area contributed by atoms with Gasteiger partial charge in [0.25, 0.3) is 5.91 Å². The van der Waals surface area contributed by atoms with E-state index in [1.54, 1.807) is 12.1 Å². The first-order chi connectivity index (χ1) is 20.2. The van der Waals surface area contributed by atoms with Crippen molar-refractivity contribution in [2.75, 3.05) is 68.1 Å². The normalized spacial score (nSPS) is 22.4. The summed E-state index contributed by atoms with van der Waals surface area (Å²) < 4.78 is 28.1. The second-order valence-corrected chi connectivity index (χ2v) is 12.1. The van der Waals surface area contributed by atoms with Crippen LogP contribution in [-0.4, -0.2) is 97.2 Å². The fraction of sp³-hybridized carbons (Fsp3) is 0.548. The Morgan fingerprint density at radius 2 is 1.95 bits per heavy atom. The van der Waals surface area contributed by atoms with Gasteiger partial charge in [-0.15, -0.1) is 0 Å². The third-order valence-electron chi connectivity index (χ3n) is 9.34. The molecule has 0 radical (unpaired) electrons.